The van der Waals surface area contributed by atoms with Crippen LogP contribution in [0.3, 0.4) is 0 Å². The number of para-hydroxylation sites is 1. The lowest BCUT2D eigenvalue weighted by atomic mass is 9.98. The second-order valence-electron chi connectivity index (χ2n) is 19.0. The van der Waals surface area contributed by atoms with E-state index in [1.54, 1.807) is 33.9 Å². The fourth-order valence-corrected chi connectivity index (χ4v) is 8.35. The van der Waals surface area contributed by atoms with Crippen LogP contribution in [0.1, 0.15) is 84.4 Å². The molecule has 4 rings (SSSR count). The average molecular weight is 1050 g/mol. The molecule has 0 spiro atoms. The summed E-state index contributed by atoms with van der Waals surface area (Å²) >= 11 is 0. The second-order valence-corrected chi connectivity index (χ2v) is 19.0. The van der Waals surface area contributed by atoms with E-state index in [0.717, 1.165) is 21.4 Å². The summed E-state index contributed by atoms with van der Waals surface area (Å²) in [6.45, 7) is 7.06. The third-order valence-corrected chi connectivity index (χ3v) is 12.6. The van der Waals surface area contributed by atoms with Crippen molar-refractivity contribution >= 4 is 76.0 Å². The van der Waals surface area contributed by atoms with Crippen LogP contribution in [0.25, 0.3) is 10.9 Å². The normalized spacial score (nSPS) is 16.9. The molecule has 1 aliphatic heterocycles. The molecule has 75 heavy (non-hydrogen) atoms. The van der Waals surface area contributed by atoms with Gasteiger partial charge in [-0.25, -0.2) is 9.78 Å². The fraction of sp³-hybridized carbons (Fsp3) is 0.542. The SMILES string of the molecule is CC[C@H](C)[C@H](NC(=O)[C@H](CC(N)=O)NC(=O)[C@@H]1CCCN1C(=O)[C@H](CC(=O)O)NC(=O)[C@H](Cc1cnc[nH]1)NC(=O)[C@H](C)NC(=O)[C@H](CO)NC(=O)[C@H](CC(C)C)NC(=O)[C@@H](N)Cc1c[nH]c2ccccc12)C(=O)O. The molecule has 27 nitrogen and oxygen atoms in total. The molecule has 10 atom stereocenters. The van der Waals surface area contributed by atoms with Crippen molar-refractivity contribution in [3.63, 3.8) is 0 Å². The van der Waals surface area contributed by atoms with E-state index in [9.17, 15) is 68.1 Å². The number of aromatic nitrogens is 3. The van der Waals surface area contributed by atoms with Gasteiger partial charge in [-0.3, -0.25) is 47.9 Å². The molecule has 0 bridgehead atoms. The van der Waals surface area contributed by atoms with Gasteiger partial charge in [0.1, 0.15) is 48.3 Å². The van der Waals surface area contributed by atoms with Crippen molar-refractivity contribution in [3.05, 3.63) is 54.2 Å². The van der Waals surface area contributed by atoms with E-state index in [0.29, 0.717) is 12.1 Å². The van der Waals surface area contributed by atoms with E-state index in [1.807, 2.05) is 24.3 Å². The van der Waals surface area contributed by atoms with E-state index in [2.05, 4.69) is 52.2 Å². The minimum absolute atomic E-state index is 0.000673. The molecule has 1 aromatic carbocycles. The first kappa shape index (κ1) is 59.6. The Labute approximate surface area is 431 Å². The Morgan fingerprint density at radius 2 is 1.37 bits per heavy atom. The van der Waals surface area contributed by atoms with Crippen LogP contribution in [0.4, 0.5) is 0 Å². The molecule has 16 N–H and O–H groups in total. The largest absolute Gasteiger partial charge is 0.481 e. The van der Waals surface area contributed by atoms with Crippen molar-refractivity contribution < 1.29 is 68.1 Å². The first-order valence-corrected chi connectivity index (χ1v) is 24.5. The van der Waals surface area contributed by atoms with Gasteiger partial charge in [0.05, 0.1) is 31.8 Å². The zero-order chi connectivity index (χ0) is 55.7. The van der Waals surface area contributed by atoms with Gasteiger partial charge in [-0.05, 0) is 56.1 Å². The second kappa shape index (κ2) is 27.9. The molecule has 1 fully saturated rings. The summed E-state index contributed by atoms with van der Waals surface area (Å²) in [4.78, 5) is 156. The van der Waals surface area contributed by atoms with Crippen molar-refractivity contribution in [2.75, 3.05) is 13.2 Å². The topological polar surface area (TPSA) is 432 Å². The van der Waals surface area contributed by atoms with Crippen molar-refractivity contribution in [2.45, 2.75) is 140 Å². The summed E-state index contributed by atoms with van der Waals surface area (Å²) in [7, 11) is 0. The molecule has 0 aliphatic carbocycles. The molecule has 27 heteroatoms. The van der Waals surface area contributed by atoms with E-state index < -0.39 is 145 Å². The van der Waals surface area contributed by atoms with Crippen LogP contribution in [-0.2, 0) is 65.6 Å². The summed E-state index contributed by atoms with van der Waals surface area (Å²) in [5.74, 6) is -12.2. The summed E-state index contributed by atoms with van der Waals surface area (Å²) in [6, 6.07) is -5.69. The number of hydrogen-bond acceptors (Lipinski definition) is 14. The number of fused-ring (bicyclic) bond motifs is 1. The highest BCUT2D eigenvalue weighted by atomic mass is 16.4. The van der Waals surface area contributed by atoms with Crippen LogP contribution < -0.4 is 48.7 Å². The Morgan fingerprint density at radius 3 is 1.99 bits per heavy atom. The van der Waals surface area contributed by atoms with Gasteiger partial charge in [0.15, 0.2) is 0 Å². The number of aliphatic hydroxyl groups excluding tert-OH is 1. The van der Waals surface area contributed by atoms with E-state index in [-0.39, 0.29) is 44.6 Å². The maximum Gasteiger partial charge on any atom is 0.326 e. The fourth-order valence-electron chi connectivity index (χ4n) is 8.35. The van der Waals surface area contributed by atoms with Crippen molar-refractivity contribution in [3.8, 4) is 0 Å². The van der Waals surface area contributed by atoms with Gasteiger partial charge in [-0.1, -0.05) is 52.3 Å². The summed E-state index contributed by atoms with van der Waals surface area (Å²) in [6.07, 6.45) is 3.12. The van der Waals surface area contributed by atoms with E-state index in [4.69, 9.17) is 11.5 Å². The molecule has 0 unspecified atom stereocenters. The number of primary amides is 1. The number of carboxylic acid groups (broad SMARTS) is 2. The van der Waals surface area contributed by atoms with Gasteiger partial charge in [0.25, 0.3) is 0 Å². The predicted octanol–water partition coefficient (Wildman–Crippen LogP) is -3.07. The molecule has 1 aliphatic rings. The van der Waals surface area contributed by atoms with Crippen molar-refractivity contribution in [1.82, 2.24) is 57.1 Å². The number of nitrogens with one attached hydrogen (secondary N) is 9. The van der Waals surface area contributed by atoms with Crippen LogP contribution in [0.2, 0.25) is 0 Å². The third kappa shape index (κ3) is 17.3. The van der Waals surface area contributed by atoms with Gasteiger partial charge >= 0.3 is 11.9 Å². The maximum atomic E-state index is 14.1. The molecule has 2 aromatic heterocycles. The van der Waals surface area contributed by atoms with Crippen molar-refractivity contribution in [2.24, 2.45) is 23.3 Å². The van der Waals surface area contributed by atoms with Gasteiger partial charge in [0.2, 0.25) is 53.2 Å². The number of imidazole rings is 1. The molecule has 9 amide bonds. The highest BCUT2D eigenvalue weighted by molar-refractivity contribution is 6.00. The van der Waals surface area contributed by atoms with Crippen LogP contribution in [-0.4, -0.2) is 168 Å². The molecule has 0 saturated carbocycles. The monoisotopic (exact) mass is 1050 g/mol. The van der Waals surface area contributed by atoms with E-state index >= 15 is 0 Å². The minimum atomic E-state index is -1.84. The zero-order valence-electron chi connectivity index (χ0n) is 42.3. The highest BCUT2D eigenvalue weighted by Crippen LogP contribution is 2.21. The van der Waals surface area contributed by atoms with Gasteiger partial charge in [-0.15, -0.1) is 0 Å². The molecular weight excluding hydrogens is 983 g/mol. The number of carbonyl (C=O) groups is 11. The lowest BCUT2D eigenvalue weighted by molar-refractivity contribution is -0.146. The van der Waals surface area contributed by atoms with E-state index in [1.165, 1.54) is 19.4 Å². The first-order valence-electron chi connectivity index (χ1n) is 24.5. The Hall–Kier alpha value is -7.94. The van der Waals surface area contributed by atoms with Crippen LogP contribution >= 0.6 is 0 Å². The lowest BCUT2D eigenvalue weighted by Crippen LogP contribution is -2.61. The number of nitrogens with zero attached hydrogens (tertiary/aromatic N) is 2. The standard InChI is InChI=1S/C48H69N13O14/c1-6-24(4)39(48(74)75)60-44(70)33(17-37(50)63)57-46(72)36-12-9-13-61(36)47(73)34(18-38(64)65)58-43(69)32(16-27-20-51-22-53-27)55-40(66)25(5)54-45(71)35(21-62)59-42(68)31(14-23(2)3)56-41(67)29(49)15-26-19-52-30-11-8-7-10-28(26)30/h7-8,10-11,19-20,22-25,29,31-36,39,52,62H,6,9,12-18,21,49H2,1-5H3,(H2,50,63)(H,51,53)(H,54,71)(H,55,66)(H,56,67)(H,57,72)(H,58,69)(H,59,68)(H,60,70)(H,64,65)(H,74,75)/t24-,25-,29-,31-,32-,33-,34-,35-,36-,39-/m0/s1. The average Bonchev–Trinajstić information content (AvgIpc) is 4.15. The zero-order valence-corrected chi connectivity index (χ0v) is 42.3. The lowest BCUT2D eigenvalue weighted by Gasteiger charge is -2.30. The number of benzene rings is 1. The number of aliphatic hydroxyl groups is 1. The van der Waals surface area contributed by atoms with Gasteiger partial charge in [-0.2, -0.15) is 0 Å². The smallest absolute Gasteiger partial charge is 0.326 e. The quantitative estimate of drug-likeness (QED) is 0.0328. The van der Waals surface area contributed by atoms with Gasteiger partial charge < -0.3 is 78.9 Å². The Kier molecular flexibility index (Phi) is 22.2. The number of nitrogens with two attached hydrogens (primary N) is 2. The molecule has 3 heterocycles. The number of carbonyl (C=O) groups excluding carboxylic acids is 9. The Bertz CT molecular complexity index is 2530. The number of likely N-dealkylation sites (tertiary alicyclic amines) is 1. The van der Waals surface area contributed by atoms with Crippen LogP contribution in [0.15, 0.2) is 43.0 Å². The molecule has 0 radical (unpaired) electrons. The van der Waals surface area contributed by atoms with Crippen molar-refractivity contribution in [1.29, 1.82) is 0 Å². The molecule has 410 valence electrons. The summed E-state index contributed by atoms with van der Waals surface area (Å²) in [5, 5.41) is 47.5. The number of rotatable bonds is 29. The Balaban J connectivity index is 1.44. The number of H-pyrrole nitrogens is 2. The summed E-state index contributed by atoms with van der Waals surface area (Å²) in [5.41, 5.74) is 13.5. The first-order chi connectivity index (χ1) is 35.4. The minimum Gasteiger partial charge on any atom is -0.481 e. The number of aromatic amines is 2. The molecule has 1 saturated heterocycles. The van der Waals surface area contributed by atoms with Crippen LogP contribution in [0.5, 0.6) is 0 Å². The number of hydrogen-bond donors (Lipinski definition) is 14. The molecular formula is C48H69N13O14. The Morgan fingerprint density at radius 1 is 0.747 bits per heavy atom. The van der Waals surface area contributed by atoms with Gasteiger partial charge in [0, 0.05) is 42.0 Å². The predicted molar refractivity (Wildman–Crippen MR) is 266 cm³/mol. The summed E-state index contributed by atoms with van der Waals surface area (Å²) < 4.78 is 0. The maximum absolute atomic E-state index is 14.1. The third-order valence-electron chi connectivity index (χ3n) is 12.6. The molecule has 3 aromatic rings. The number of amides is 9. The number of carboxylic acids is 2. The number of aliphatic carboxylic acids is 2. The highest BCUT2D eigenvalue weighted by Gasteiger charge is 2.41. The van der Waals surface area contributed by atoms with Crippen LogP contribution in [0, 0.1) is 11.8 Å².